The maximum atomic E-state index is 12.2. The zero-order valence-corrected chi connectivity index (χ0v) is 12.9. The molecule has 0 aliphatic rings. The standard InChI is InChI=1S/C11H16Cl2N2O3S/c1-6(2)10(5-16)15-19(17,18)11-8(13)3-7(12)4-9(11)14/h3-4,6,10,15-16H,5,14H2,1-2H3. The van der Waals surface area contributed by atoms with Crippen LogP contribution in [0.15, 0.2) is 17.0 Å². The van der Waals surface area contributed by atoms with Gasteiger partial charge in [0.2, 0.25) is 10.0 Å². The molecule has 0 saturated heterocycles. The number of benzene rings is 1. The molecule has 0 bridgehead atoms. The number of anilines is 1. The number of hydrogen-bond donors (Lipinski definition) is 3. The highest BCUT2D eigenvalue weighted by Crippen LogP contribution is 2.31. The van der Waals surface area contributed by atoms with E-state index in [1.807, 2.05) is 0 Å². The van der Waals surface area contributed by atoms with Crippen LogP contribution in [0.4, 0.5) is 5.69 Å². The molecule has 0 aromatic heterocycles. The van der Waals surface area contributed by atoms with Crippen LogP contribution in [0.5, 0.6) is 0 Å². The van der Waals surface area contributed by atoms with Crippen molar-refractivity contribution in [2.24, 2.45) is 5.92 Å². The van der Waals surface area contributed by atoms with Crippen molar-refractivity contribution in [1.29, 1.82) is 0 Å². The highest BCUT2D eigenvalue weighted by Gasteiger charge is 2.26. The minimum absolute atomic E-state index is 0.0366. The van der Waals surface area contributed by atoms with Crippen LogP contribution in [-0.4, -0.2) is 26.2 Å². The average molecular weight is 327 g/mol. The van der Waals surface area contributed by atoms with E-state index in [0.29, 0.717) is 0 Å². The zero-order valence-electron chi connectivity index (χ0n) is 10.5. The molecule has 0 amide bonds. The molecule has 19 heavy (non-hydrogen) atoms. The molecule has 0 fully saturated rings. The summed E-state index contributed by atoms with van der Waals surface area (Å²) >= 11 is 11.6. The summed E-state index contributed by atoms with van der Waals surface area (Å²) in [4.78, 5) is -0.224. The van der Waals surface area contributed by atoms with E-state index in [-0.39, 0.29) is 33.2 Å². The van der Waals surface area contributed by atoms with Crippen molar-refractivity contribution in [1.82, 2.24) is 4.72 Å². The van der Waals surface area contributed by atoms with Gasteiger partial charge in [-0.15, -0.1) is 0 Å². The molecule has 8 heteroatoms. The van der Waals surface area contributed by atoms with Crippen molar-refractivity contribution in [3.8, 4) is 0 Å². The van der Waals surface area contributed by atoms with Gasteiger partial charge >= 0.3 is 0 Å². The molecule has 1 unspecified atom stereocenters. The van der Waals surface area contributed by atoms with Crippen molar-refractivity contribution in [3.05, 3.63) is 22.2 Å². The highest BCUT2D eigenvalue weighted by molar-refractivity contribution is 7.89. The molecule has 0 saturated carbocycles. The Labute approximate surface area is 122 Å². The molecular weight excluding hydrogens is 311 g/mol. The second kappa shape index (κ2) is 6.28. The van der Waals surface area contributed by atoms with E-state index in [1.54, 1.807) is 13.8 Å². The first-order valence-electron chi connectivity index (χ1n) is 5.56. The number of rotatable bonds is 5. The monoisotopic (exact) mass is 326 g/mol. The molecule has 0 spiro atoms. The molecule has 108 valence electrons. The smallest absolute Gasteiger partial charge is 0.244 e. The van der Waals surface area contributed by atoms with Crippen LogP contribution in [0, 0.1) is 5.92 Å². The number of halogens is 2. The van der Waals surface area contributed by atoms with Gasteiger partial charge in [0.25, 0.3) is 0 Å². The Bertz CT molecular complexity index is 538. The quantitative estimate of drug-likeness (QED) is 0.720. The fourth-order valence-corrected chi connectivity index (χ4v) is 3.87. The first-order chi connectivity index (χ1) is 8.69. The Balaban J connectivity index is 3.21. The first kappa shape index (κ1) is 16.5. The van der Waals surface area contributed by atoms with Crippen LogP contribution in [0.25, 0.3) is 0 Å². The summed E-state index contributed by atoms with van der Waals surface area (Å²) in [5.74, 6) is -0.0768. The Hall–Kier alpha value is -0.530. The second-order valence-corrected chi connectivity index (χ2v) is 6.95. The summed E-state index contributed by atoms with van der Waals surface area (Å²) in [7, 11) is -3.92. The zero-order chi connectivity index (χ0) is 14.8. The lowest BCUT2D eigenvalue weighted by Crippen LogP contribution is -2.41. The van der Waals surface area contributed by atoms with E-state index in [0.717, 1.165) is 0 Å². The SMILES string of the molecule is CC(C)C(CO)NS(=O)(=O)c1c(N)cc(Cl)cc1Cl. The Kier molecular flexibility index (Phi) is 5.46. The second-order valence-electron chi connectivity index (χ2n) is 4.46. The van der Waals surface area contributed by atoms with Crippen molar-refractivity contribution >= 4 is 38.9 Å². The van der Waals surface area contributed by atoms with Gasteiger partial charge in [0.15, 0.2) is 0 Å². The molecule has 0 aliphatic heterocycles. The Morgan fingerprint density at radius 1 is 1.37 bits per heavy atom. The van der Waals surface area contributed by atoms with E-state index in [1.165, 1.54) is 12.1 Å². The number of aliphatic hydroxyl groups is 1. The summed E-state index contributed by atoms with van der Waals surface area (Å²) in [6, 6.07) is 2.00. The van der Waals surface area contributed by atoms with E-state index < -0.39 is 16.1 Å². The van der Waals surface area contributed by atoms with Crippen LogP contribution in [-0.2, 0) is 10.0 Å². The van der Waals surface area contributed by atoms with Gasteiger partial charge < -0.3 is 10.8 Å². The number of nitrogen functional groups attached to an aromatic ring is 1. The molecule has 1 atom stereocenters. The van der Waals surface area contributed by atoms with Crippen LogP contribution in [0.1, 0.15) is 13.8 Å². The fraction of sp³-hybridized carbons (Fsp3) is 0.455. The van der Waals surface area contributed by atoms with E-state index in [4.69, 9.17) is 28.9 Å². The number of hydrogen-bond acceptors (Lipinski definition) is 4. The van der Waals surface area contributed by atoms with Gasteiger partial charge in [-0.1, -0.05) is 37.0 Å². The van der Waals surface area contributed by atoms with Crippen molar-refractivity contribution in [2.75, 3.05) is 12.3 Å². The van der Waals surface area contributed by atoms with Crippen LogP contribution in [0.2, 0.25) is 10.0 Å². The topological polar surface area (TPSA) is 92.4 Å². The molecule has 5 nitrogen and oxygen atoms in total. The molecule has 1 rings (SSSR count). The van der Waals surface area contributed by atoms with E-state index >= 15 is 0 Å². The average Bonchev–Trinajstić information content (AvgIpc) is 2.23. The lowest BCUT2D eigenvalue weighted by atomic mass is 10.1. The van der Waals surface area contributed by atoms with E-state index in [9.17, 15) is 13.5 Å². The summed E-state index contributed by atoms with van der Waals surface area (Å²) in [6.07, 6.45) is 0. The summed E-state index contributed by atoms with van der Waals surface area (Å²) < 4.78 is 26.8. The number of nitrogens with two attached hydrogens (primary N) is 1. The maximum absolute atomic E-state index is 12.2. The summed E-state index contributed by atoms with van der Waals surface area (Å²) in [6.45, 7) is 3.26. The van der Waals surface area contributed by atoms with Crippen LogP contribution in [0.3, 0.4) is 0 Å². The number of nitrogens with one attached hydrogen (secondary N) is 1. The van der Waals surface area contributed by atoms with Gasteiger partial charge in [0.1, 0.15) is 4.90 Å². The molecule has 1 aromatic carbocycles. The molecule has 0 heterocycles. The van der Waals surface area contributed by atoms with Crippen LogP contribution >= 0.6 is 23.2 Å². The summed E-state index contributed by atoms with van der Waals surface area (Å²) in [5.41, 5.74) is 5.61. The van der Waals surface area contributed by atoms with Crippen LogP contribution < -0.4 is 10.5 Å². The van der Waals surface area contributed by atoms with Gasteiger partial charge in [0.05, 0.1) is 17.3 Å². The number of aliphatic hydroxyl groups excluding tert-OH is 1. The van der Waals surface area contributed by atoms with Gasteiger partial charge in [-0.25, -0.2) is 13.1 Å². The van der Waals surface area contributed by atoms with E-state index in [2.05, 4.69) is 4.72 Å². The van der Waals surface area contributed by atoms with Crippen molar-refractivity contribution in [2.45, 2.75) is 24.8 Å². The van der Waals surface area contributed by atoms with Gasteiger partial charge in [0, 0.05) is 11.1 Å². The van der Waals surface area contributed by atoms with Crippen molar-refractivity contribution in [3.63, 3.8) is 0 Å². The third kappa shape index (κ3) is 3.97. The van der Waals surface area contributed by atoms with Gasteiger partial charge in [-0.05, 0) is 18.1 Å². The fourth-order valence-electron chi connectivity index (χ4n) is 1.51. The Morgan fingerprint density at radius 3 is 2.37 bits per heavy atom. The van der Waals surface area contributed by atoms with Gasteiger partial charge in [-0.3, -0.25) is 0 Å². The predicted molar refractivity (Wildman–Crippen MR) is 76.9 cm³/mol. The highest BCUT2D eigenvalue weighted by atomic mass is 35.5. The molecule has 1 aromatic rings. The van der Waals surface area contributed by atoms with Gasteiger partial charge in [-0.2, -0.15) is 0 Å². The first-order valence-corrected chi connectivity index (χ1v) is 7.80. The lowest BCUT2D eigenvalue weighted by Gasteiger charge is -2.21. The minimum Gasteiger partial charge on any atom is -0.398 e. The molecule has 0 aliphatic carbocycles. The Morgan fingerprint density at radius 2 is 1.95 bits per heavy atom. The molecule has 4 N–H and O–H groups in total. The predicted octanol–water partition coefficient (Wildman–Crippen LogP) is 1.87. The third-order valence-corrected chi connectivity index (χ3v) is 4.85. The number of sulfonamides is 1. The summed E-state index contributed by atoms with van der Waals surface area (Å²) in [5, 5.41) is 9.37. The lowest BCUT2D eigenvalue weighted by molar-refractivity contribution is 0.227. The molecule has 0 radical (unpaired) electrons. The normalized spacial score (nSPS) is 13.8. The molecular formula is C11H16Cl2N2O3S. The maximum Gasteiger partial charge on any atom is 0.244 e. The third-order valence-electron chi connectivity index (χ3n) is 2.61. The van der Waals surface area contributed by atoms with Crippen molar-refractivity contribution < 1.29 is 13.5 Å². The minimum atomic E-state index is -3.92. The largest absolute Gasteiger partial charge is 0.398 e.